The first-order valence-corrected chi connectivity index (χ1v) is 5.07. The lowest BCUT2D eigenvalue weighted by Gasteiger charge is -2.03. The lowest BCUT2D eigenvalue weighted by atomic mass is 10.4. The van der Waals surface area contributed by atoms with Crippen molar-refractivity contribution in [3.63, 3.8) is 0 Å². The van der Waals surface area contributed by atoms with Gasteiger partial charge in [-0.3, -0.25) is 19.7 Å². The highest BCUT2D eigenvalue weighted by Crippen LogP contribution is 1.95. The molecule has 0 radical (unpaired) electrons. The number of hydrogen-bond donors (Lipinski definition) is 1. The van der Waals surface area contributed by atoms with Crippen LogP contribution in [0, 0.1) is 6.92 Å². The second-order valence-electron chi connectivity index (χ2n) is 3.42. The summed E-state index contributed by atoms with van der Waals surface area (Å²) < 4.78 is 0. The molecule has 6 heteroatoms. The minimum absolute atomic E-state index is 0.277. The molecule has 17 heavy (non-hydrogen) atoms. The van der Waals surface area contributed by atoms with E-state index in [0.717, 1.165) is 5.69 Å². The lowest BCUT2D eigenvalue weighted by molar-refractivity contribution is 0.0945. The van der Waals surface area contributed by atoms with Gasteiger partial charge in [-0.15, -0.1) is 0 Å². The smallest absolute Gasteiger partial charge is 0.271 e. The third-order valence-corrected chi connectivity index (χ3v) is 2.06. The summed E-state index contributed by atoms with van der Waals surface area (Å²) in [5.41, 5.74) is 1.83. The van der Waals surface area contributed by atoms with Gasteiger partial charge < -0.3 is 5.32 Å². The summed E-state index contributed by atoms with van der Waals surface area (Å²) in [5.74, 6) is -0.277. The third-order valence-electron chi connectivity index (χ3n) is 2.06. The zero-order valence-corrected chi connectivity index (χ0v) is 9.29. The molecule has 0 atom stereocenters. The quantitative estimate of drug-likeness (QED) is 0.829. The van der Waals surface area contributed by atoms with Gasteiger partial charge in [0.25, 0.3) is 5.91 Å². The number of aromatic nitrogens is 4. The maximum Gasteiger partial charge on any atom is 0.271 e. The standard InChI is InChI=1S/C11H11N5O/c1-8-4-15-9(5-14-8)6-16-11(17)10-7-12-2-3-13-10/h2-5,7H,6H2,1H3,(H,16,17). The first-order valence-electron chi connectivity index (χ1n) is 5.07. The Hall–Kier alpha value is -2.37. The number of hydrogen-bond acceptors (Lipinski definition) is 5. The van der Waals surface area contributed by atoms with Crippen LogP contribution in [0.2, 0.25) is 0 Å². The van der Waals surface area contributed by atoms with Crippen molar-refractivity contribution in [3.05, 3.63) is 48.1 Å². The Kier molecular flexibility index (Phi) is 3.34. The van der Waals surface area contributed by atoms with Crippen molar-refractivity contribution in [3.8, 4) is 0 Å². The number of rotatable bonds is 3. The van der Waals surface area contributed by atoms with Crippen LogP contribution in [0.15, 0.2) is 31.0 Å². The number of nitrogens with zero attached hydrogens (tertiary/aromatic N) is 4. The molecule has 86 valence electrons. The van der Waals surface area contributed by atoms with Gasteiger partial charge in [0.15, 0.2) is 0 Å². The molecule has 2 aromatic heterocycles. The minimum atomic E-state index is -0.277. The second-order valence-corrected chi connectivity index (χ2v) is 3.42. The number of carbonyl (C=O) groups is 1. The predicted molar refractivity (Wildman–Crippen MR) is 60.0 cm³/mol. The number of carbonyl (C=O) groups excluding carboxylic acids is 1. The fourth-order valence-corrected chi connectivity index (χ4v) is 1.19. The zero-order chi connectivity index (χ0) is 12.1. The molecule has 0 aliphatic carbocycles. The maximum atomic E-state index is 11.6. The monoisotopic (exact) mass is 229 g/mol. The Balaban J connectivity index is 1.95. The van der Waals surface area contributed by atoms with E-state index < -0.39 is 0 Å². The van der Waals surface area contributed by atoms with Gasteiger partial charge in [0, 0.05) is 18.6 Å². The van der Waals surface area contributed by atoms with Crippen molar-refractivity contribution < 1.29 is 4.79 Å². The van der Waals surface area contributed by atoms with Crippen LogP contribution >= 0.6 is 0 Å². The van der Waals surface area contributed by atoms with E-state index >= 15 is 0 Å². The molecule has 2 aromatic rings. The summed E-state index contributed by atoms with van der Waals surface area (Å²) in [6, 6.07) is 0. The Morgan fingerprint density at radius 3 is 2.71 bits per heavy atom. The maximum absolute atomic E-state index is 11.6. The van der Waals surface area contributed by atoms with Gasteiger partial charge in [0.1, 0.15) is 5.69 Å². The highest BCUT2D eigenvalue weighted by molar-refractivity contribution is 5.91. The van der Waals surface area contributed by atoms with Crippen LogP contribution in [0.3, 0.4) is 0 Å². The average Bonchev–Trinajstić information content (AvgIpc) is 2.39. The van der Waals surface area contributed by atoms with Crippen LogP contribution in [-0.2, 0) is 6.54 Å². The number of nitrogens with one attached hydrogen (secondary N) is 1. The van der Waals surface area contributed by atoms with Gasteiger partial charge in [0.2, 0.25) is 0 Å². The molecule has 1 amide bonds. The van der Waals surface area contributed by atoms with Crippen molar-refractivity contribution in [2.45, 2.75) is 13.5 Å². The topological polar surface area (TPSA) is 80.7 Å². The predicted octanol–water partition coefficient (Wildman–Crippen LogP) is 0.505. The molecule has 6 nitrogen and oxygen atoms in total. The van der Waals surface area contributed by atoms with Crippen LogP contribution in [0.1, 0.15) is 21.9 Å². The molecule has 0 bridgehead atoms. The van der Waals surface area contributed by atoms with Gasteiger partial charge in [-0.1, -0.05) is 0 Å². The van der Waals surface area contributed by atoms with E-state index in [-0.39, 0.29) is 11.6 Å². The fraction of sp³-hybridized carbons (Fsp3) is 0.182. The van der Waals surface area contributed by atoms with E-state index in [1.807, 2.05) is 6.92 Å². The molecule has 0 aromatic carbocycles. The largest absolute Gasteiger partial charge is 0.345 e. The van der Waals surface area contributed by atoms with Crippen LogP contribution < -0.4 is 5.32 Å². The summed E-state index contributed by atoms with van der Waals surface area (Å²) in [6.07, 6.45) is 7.69. The minimum Gasteiger partial charge on any atom is -0.345 e. The van der Waals surface area contributed by atoms with Crippen molar-refractivity contribution in [1.82, 2.24) is 25.3 Å². The molecule has 0 saturated heterocycles. The molecule has 2 heterocycles. The van der Waals surface area contributed by atoms with Gasteiger partial charge >= 0.3 is 0 Å². The van der Waals surface area contributed by atoms with E-state index in [0.29, 0.717) is 12.2 Å². The Labute approximate surface area is 98.2 Å². The van der Waals surface area contributed by atoms with Crippen molar-refractivity contribution >= 4 is 5.91 Å². The summed E-state index contributed by atoms with van der Waals surface area (Å²) in [4.78, 5) is 27.6. The van der Waals surface area contributed by atoms with Crippen molar-refractivity contribution in [1.29, 1.82) is 0 Å². The van der Waals surface area contributed by atoms with Gasteiger partial charge in [0.05, 0.1) is 30.3 Å². The van der Waals surface area contributed by atoms with E-state index in [1.54, 1.807) is 12.4 Å². The lowest BCUT2D eigenvalue weighted by Crippen LogP contribution is -2.24. The molecule has 0 fully saturated rings. The average molecular weight is 229 g/mol. The molecule has 0 spiro atoms. The Bertz CT molecular complexity index is 497. The normalized spacial score (nSPS) is 9.94. The molecule has 0 unspecified atom stereocenters. The summed E-state index contributed by atoms with van der Waals surface area (Å²) in [6.45, 7) is 2.18. The molecule has 0 aliphatic rings. The zero-order valence-electron chi connectivity index (χ0n) is 9.29. The summed E-state index contributed by atoms with van der Waals surface area (Å²) in [5, 5.41) is 2.69. The molecule has 0 aliphatic heterocycles. The Morgan fingerprint density at radius 2 is 2.06 bits per heavy atom. The van der Waals surface area contributed by atoms with Crippen molar-refractivity contribution in [2.75, 3.05) is 0 Å². The van der Waals surface area contributed by atoms with E-state index in [2.05, 4.69) is 25.3 Å². The van der Waals surface area contributed by atoms with Crippen LogP contribution in [0.25, 0.3) is 0 Å². The first-order chi connectivity index (χ1) is 8.25. The Morgan fingerprint density at radius 1 is 1.18 bits per heavy atom. The molecular weight excluding hydrogens is 218 g/mol. The first kappa shape index (κ1) is 11.1. The van der Waals surface area contributed by atoms with E-state index in [1.165, 1.54) is 18.6 Å². The molecule has 0 saturated carbocycles. The highest BCUT2D eigenvalue weighted by atomic mass is 16.1. The molecular formula is C11H11N5O. The van der Waals surface area contributed by atoms with Gasteiger partial charge in [-0.25, -0.2) is 4.98 Å². The molecule has 1 N–H and O–H groups in total. The van der Waals surface area contributed by atoms with Crippen LogP contribution in [0.5, 0.6) is 0 Å². The SMILES string of the molecule is Cc1cnc(CNC(=O)c2cnccn2)cn1. The van der Waals surface area contributed by atoms with Crippen molar-refractivity contribution in [2.24, 2.45) is 0 Å². The third kappa shape index (κ3) is 3.04. The number of amides is 1. The fourth-order valence-electron chi connectivity index (χ4n) is 1.19. The summed E-state index contributed by atoms with van der Waals surface area (Å²) >= 11 is 0. The van der Waals surface area contributed by atoms with Gasteiger partial charge in [-0.2, -0.15) is 0 Å². The van der Waals surface area contributed by atoms with Gasteiger partial charge in [-0.05, 0) is 6.92 Å². The number of aryl methyl sites for hydroxylation is 1. The summed E-state index contributed by atoms with van der Waals surface area (Å²) in [7, 11) is 0. The van der Waals surface area contributed by atoms with Crippen LogP contribution in [0.4, 0.5) is 0 Å². The molecule has 2 rings (SSSR count). The van der Waals surface area contributed by atoms with E-state index in [9.17, 15) is 4.79 Å². The van der Waals surface area contributed by atoms with Crippen LogP contribution in [-0.4, -0.2) is 25.8 Å². The second kappa shape index (κ2) is 5.11. The highest BCUT2D eigenvalue weighted by Gasteiger charge is 2.06. The van der Waals surface area contributed by atoms with E-state index in [4.69, 9.17) is 0 Å².